The van der Waals surface area contributed by atoms with Gasteiger partial charge in [-0.3, -0.25) is 4.79 Å². The quantitative estimate of drug-likeness (QED) is 0.460. The van der Waals surface area contributed by atoms with Gasteiger partial charge in [0.25, 0.3) is 5.89 Å². The zero-order valence-corrected chi connectivity index (χ0v) is 15.4. The van der Waals surface area contributed by atoms with Gasteiger partial charge in [0, 0.05) is 15.5 Å². The molecule has 0 amide bonds. The SMILES string of the molecule is O=C(Cc1scc(-c2ccc(Cl)cc2)c1C(=O)O)c1nc2ccccc2o1. The zero-order chi connectivity index (χ0) is 19.0. The number of ketones is 1. The molecule has 2 aromatic carbocycles. The molecule has 2 heterocycles. The second-order valence-corrected chi connectivity index (χ2v) is 7.25. The first-order chi connectivity index (χ1) is 13.0. The third kappa shape index (κ3) is 3.37. The number of benzene rings is 2. The summed E-state index contributed by atoms with van der Waals surface area (Å²) in [6.45, 7) is 0. The Kier molecular flexibility index (Phi) is 4.51. The van der Waals surface area contributed by atoms with Gasteiger partial charge in [-0.05, 0) is 35.2 Å². The summed E-state index contributed by atoms with van der Waals surface area (Å²) in [4.78, 5) is 29.1. The lowest BCUT2D eigenvalue weighted by atomic mass is 10.0. The molecule has 0 aliphatic heterocycles. The van der Waals surface area contributed by atoms with Gasteiger partial charge in [0.15, 0.2) is 5.58 Å². The van der Waals surface area contributed by atoms with Crippen molar-refractivity contribution in [1.82, 2.24) is 4.98 Å². The average molecular weight is 398 g/mol. The van der Waals surface area contributed by atoms with Crippen LogP contribution < -0.4 is 0 Å². The maximum Gasteiger partial charge on any atom is 0.337 e. The maximum atomic E-state index is 12.6. The van der Waals surface area contributed by atoms with Gasteiger partial charge in [-0.15, -0.1) is 11.3 Å². The van der Waals surface area contributed by atoms with Gasteiger partial charge in [0.05, 0.1) is 12.0 Å². The molecule has 0 saturated carbocycles. The third-order valence-corrected chi connectivity index (χ3v) is 5.33. The van der Waals surface area contributed by atoms with Gasteiger partial charge in [0.1, 0.15) is 5.52 Å². The number of aromatic nitrogens is 1. The molecule has 0 unspecified atom stereocenters. The van der Waals surface area contributed by atoms with Crippen LogP contribution in [0.25, 0.3) is 22.2 Å². The number of Topliss-reactive ketones (excluding diaryl/α,β-unsaturated/α-hetero) is 1. The Morgan fingerprint density at radius 2 is 1.85 bits per heavy atom. The van der Waals surface area contributed by atoms with Crippen LogP contribution in [0.2, 0.25) is 5.02 Å². The van der Waals surface area contributed by atoms with Crippen LogP contribution in [0.4, 0.5) is 0 Å². The van der Waals surface area contributed by atoms with Crippen LogP contribution in [-0.4, -0.2) is 21.8 Å². The number of carbonyl (C=O) groups excluding carboxylic acids is 1. The largest absolute Gasteiger partial charge is 0.478 e. The molecule has 0 fully saturated rings. The number of carboxylic acids is 1. The summed E-state index contributed by atoms with van der Waals surface area (Å²) in [7, 11) is 0. The topological polar surface area (TPSA) is 80.4 Å². The lowest BCUT2D eigenvalue weighted by Crippen LogP contribution is -2.07. The Labute approximate surface area is 162 Å². The second-order valence-electron chi connectivity index (χ2n) is 5.85. The normalized spacial score (nSPS) is 11.0. The Bertz CT molecular complexity index is 1130. The van der Waals surface area contributed by atoms with Crippen molar-refractivity contribution in [3.63, 3.8) is 0 Å². The van der Waals surface area contributed by atoms with Crippen molar-refractivity contribution >= 4 is 45.8 Å². The Hall–Kier alpha value is -2.96. The number of rotatable bonds is 5. The maximum absolute atomic E-state index is 12.6. The van der Waals surface area contributed by atoms with Crippen molar-refractivity contribution in [1.29, 1.82) is 0 Å². The first-order valence-corrected chi connectivity index (χ1v) is 9.27. The monoisotopic (exact) mass is 397 g/mol. The number of halogens is 1. The number of aromatic carboxylic acids is 1. The number of nitrogens with zero attached hydrogens (tertiary/aromatic N) is 1. The fourth-order valence-electron chi connectivity index (χ4n) is 2.82. The number of oxazole rings is 1. The van der Waals surface area contributed by atoms with Crippen LogP contribution in [0.1, 0.15) is 25.9 Å². The van der Waals surface area contributed by atoms with E-state index < -0.39 is 5.97 Å². The van der Waals surface area contributed by atoms with E-state index in [1.807, 2.05) is 0 Å². The highest BCUT2D eigenvalue weighted by Crippen LogP contribution is 2.33. The summed E-state index contributed by atoms with van der Waals surface area (Å²) in [5.41, 5.74) is 2.52. The lowest BCUT2D eigenvalue weighted by molar-refractivity contribution is 0.0697. The molecule has 4 aromatic rings. The summed E-state index contributed by atoms with van der Waals surface area (Å²) in [5.74, 6) is -1.46. The number of fused-ring (bicyclic) bond motifs is 1. The highest BCUT2D eigenvalue weighted by atomic mass is 35.5. The van der Waals surface area contributed by atoms with E-state index in [4.69, 9.17) is 16.0 Å². The van der Waals surface area contributed by atoms with Gasteiger partial charge in [-0.25, -0.2) is 9.78 Å². The second kappa shape index (κ2) is 6.98. The molecule has 134 valence electrons. The van der Waals surface area contributed by atoms with Crippen molar-refractivity contribution in [3.8, 4) is 11.1 Å². The molecule has 4 rings (SSSR count). The minimum Gasteiger partial charge on any atom is -0.478 e. The standard InChI is InChI=1S/C20H12ClNO4S/c21-12-7-5-11(6-8-12)13-10-27-17(18(13)20(24)25)9-15(23)19-22-14-3-1-2-4-16(14)26-19/h1-8,10H,9H2,(H,24,25). The first-order valence-electron chi connectivity index (χ1n) is 8.01. The minimum absolute atomic E-state index is 0.0195. The fourth-order valence-corrected chi connectivity index (χ4v) is 3.99. The van der Waals surface area contributed by atoms with E-state index in [1.54, 1.807) is 53.9 Å². The summed E-state index contributed by atoms with van der Waals surface area (Å²) in [6, 6.07) is 14.0. The van der Waals surface area contributed by atoms with Gasteiger partial charge >= 0.3 is 5.97 Å². The molecule has 5 nitrogen and oxygen atoms in total. The third-order valence-electron chi connectivity index (χ3n) is 4.09. The molecule has 7 heteroatoms. The predicted octanol–water partition coefficient (Wildman–Crippen LogP) is 5.33. The summed E-state index contributed by atoms with van der Waals surface area (Å²) >= 11 is 7.13. The molecule has 27 heavy (non-hydrogen) atoms. The van der Waals surface area contributed by atoms with E-state index in [0.717, 1.165) is 5.56 Å². The van der Waals surface area contributed by atoms with Crippen LogP contribution in [0.5, 0.6) is 0 Å². The van der Waals surface area contributed by atoms with Gasteiger partial charge in [0.2, 0.25) is 5.78 Å². The Balaban J connectivity index is 1.68. The highest BCUT2D eigenvalue weighted by Gasteiger charge is 2.23. The zero-order valence-electron chi connectivity index (χ0n) is 13.8. The molecule has 0 saturated heterocycles. The Morgan fingerprint density at radius 1 is 1.11 bits per heavy atom. The van der Waals surface area contributed by atoms with Crippen LogP contribution in [0, 0.1) is 0 Å². The molecule has 0 bridgehead atoms. The number of carboxylic acid groups (broad SMARTS) is 1. The van der Waals surface area contributed by atoms with Crippen molar-refractivity contribution in [2.45, 2.75) is 6.42 Å². The molecule has 2 aromatic heterocycles. The van der Waals surface area contributed by atoms with Gasteiger partial charge in [-0.2, -0.15) is 0 Å². The summed E-state index contributed by atoms with van der Waals surface area (Å²) < 4.78 is 5.49. The van der Waals surface area contributed by atoms with E-state index in [1.165, 1.54) is 11.3 Å². The smallest absolute Gasteiger partial charge is 0.337 e. The predicted molar refractivity (Wildman–Crippen MR) is 104 cm³/mol. The molecule has 0 spiro atoms. The van der Waals surface area contributed by atoms with E-state index in [2.05, 4.69) is 4.98 Å². The molecule has 1 N–H and O–H groups in total. The fraction of sp³-hybridized carbons (Fsp3) is 0.0500. The highest BCUT2D eigenvalue weighted by molar-refractivity contribution is 7.11. The van der Waals surface area contributed by atoms with E-state index in [9.17, 15) is 14.7 Å². The van der Waals surface area contributed by atoms with Crippen LogP contribution in [0.3, 0.4) is 0 Å². The number of hydrogen-bond donors (Lipinski definition) is 1. The van der Waals surface area contributed by atoms with Crippen molar-refractivity contribution < 1.29 is 19.1 Å². The van der Waals surface area contributed by atoms with E-state index in [0.29, 0.717) is 26.6 Å². The first kappa shape index (κ1) is 17.5. The van der Waals surface area contributed by atoms with Gasteiger partial charge < -0.3 is 9.52 Å². The van der Waals surface area contributed by atoms with E-state index >= 15 is 0 Å². The summed E-state index contributed by atoms with van der Waals surface area (Å²) in [6.07, 6.45) is -0.0906. The van der Waals surface area contributed by atoms with Gasteiger partial charge in [-0.1, -0.05) is 35.9 Å². The lowest BCUT2D eigenvalue weighted by Gasteiger charge is -2.03. The number of para-hydroxylation sites is 2. The average Bonchev–Trinajstić information content (AvgIpc) is 3.26. The number of carbonyl (C=O) groups is 2. The van der Waals surface area contributed by atoms with Crippen molar-refractivity contribution in [2.75, 3.05) is 0 Å². The molecular weight excluding hydrogens is 386 g/mol. The van der Waals surface area contributed by atoms with Crippen molar-refractivity contribution in [2.24, 2.45) is 0 Å². The number of thiophene rings is 1. The van der Waals surface area contributed by atoms with Crippen LogP contribution in [-0.2, 0) is 6.42 Å². The molecule has 0 aliphatic carbocycles. The van der Waals surface area contributed by atoms with E-state index in [-0.39, 0.29) is 23.7 Å². The molecule has 0 radical (unpaired) electrons. The Morgan fingerprint density at radius 3 is 2.56 bits per heavy atom. The molecule has 0 atom stereocenters. The van der Waals surface area contributed by atoms with Crippen LogP contribution >= 0.6 is 22.9 Å². The minimum atomic E-state index is -1.08. The molecular formula is C20H12ClNO4S. The molecule has 0 aliphatic rings. The van der Waals surface area contributed by atoms with Crippen molar-refractivity contribution in [3.05, 3.63) is 75.3 Å². The van der Waals surface area contributed by atoms with Crippen LogP contribution in [0.15, 0.2) is 58.3 Å². The summed E-state index contributed by atoms with van der Waals surface area (Å²) in [5, 5.41) is 12.0. The number of hydrogen-bond acceptors (Lipinski definition) is 5.